The third-order valence-corrected chi connectivity index (χ3v) is 6.05. The van der Waals surface area contributed by atoms with Crippen molar-refractivity contribution in [2.24, 2.45) is 4.99 Å². The second-order valence-corrected chi connectivity index (χ2v) is 8.16. The Hall–Kier alpha value is -2.82. The van der Waals surface area contributed by atoms with Gasteiger partial charge in [-0.05, 0) is 36.0 Å². The number of hydrogen-bond acceptors (Lipinski definition) is 2. The van der Waals surface area contributed by atoms with Gasteiger partial charge in [0.05, 0.1) is 0 Å². The number of rotatable bonds is 7. The van der Waals surface area contributed by atoms with E-state index in [4.69, 9.17) is 0 Å². The fraction of sp³-hybridized carbons (Fsp3) is 0.417. The lowest BCUT2D eigenvalue weighted by molar-refractivity contribution is -0.128. The average Bonchev–Trinajstić information content (AvgIpc) is 3.45. The van der Waals surface area contributed by atoms with Gasteiger partial charge < -0.3 is 15.5 Å². The van der Waals surface area contributed by atoms with E-state index < -0.39 is 0 Å². The van der Waals surface area contributed by atoms with Crippen LogP contribution in [-0.4, -0.2) is 36.9 Å². The monoisotopic (exact) mass is 390 g/mol. The first-order valence-corrected chi connectivity index (χ1v) is 10.5. The van der Waals surface area contributed by atoms with Gasteiger partial charge >= 0.3 is 0 Å². The molecule has 0 unspecified atom stereocenters. The Morgan fingerprint density at radius 2 is 1.86 bits per heavy atom. The Morgan fingerprint density at radius 3 is 2.55 bits per heavy atom. The summed E-state index contributed by atoms with van der Waals surface area (Å²) >= 11 is 0. The minimum absolute atomic E-state index is 0.251. The summed E-state index contributed by atoms with van der Waals surface area (Å²) in [6.45, 7) is 3.19. The first-order valence-electron chi connectivity index (χ1n) is 10.5. The zero-order valence-electron chi connectivity index (χ0n) is 17.2. The molecule has 0 atom stereocenters. The number of aliphatic imine (C=N–C) groups is 1. The molecule has 2 N–H and O–H groups in total. The molecule has 1 saturated heterocycles. The van der Waals surface area contributed by atoms with Crippen molar-refractivity contribution in [1.82, 2.24) is 15.5 Å². The van der Waals surface area contributed by atoms with Crippen molar-refractivity contribution in [2.75, 3.05) is 20.1 Å². The lowest BCUT2D eigenvalue weighted by Gasteiger charge is -2.19. The summed E-state index contributed by atoms with van der Waals surface area (Å²) in [5.74, 6) is 1.10. The molecule has 1 aliphatic carbocycles. The van der Waals surface area contributed by atoms with Gasteiger partial charge in [-0.3, -0.25) is 9.79 Å². The number of nitrogens with zero attached hydrogens (tertiary/aromatic N) is 2. The number of guanidine groups is 1. The SMILES string of the molecule is CN=C(NCc1cccc(CN2CCCC2=O)c1)NCC1(c2ccccc2)CC1. The van der Waals surface area contributed by atoms with Crippen LogP contribution in [0.1, 0.15) is 42.4 Å². The maximum absolute atomic E-state index is 11.9. The van der Waals surface area contributed by atoms with Gasteiger partial charge in [0, 0.05) is 45.1 Å². The Bertz CT molecular complexity index is 873. The third-order valence-electron chi connectivity index (χ3n) is 6.05. The van der Waals surface area contributed by atoms with Crippen molar-refractivity contribution in [2.45, 2.75) is 44.2 Å². The van der Waals surface area contributed by atoms with Crippen LogP contribution in [0.25, 0.3) is 0 Å². The Labute approximate surface area is 173 Å². The first-order chi connectivity index (χ1) is 14.2. The summed E-state index contributed by atoms with van der Waals surface area (Å²) in [6.07, 6.45) is 4.11. The van der Waals surface area contributed by atoms with Crippen molar-refractivity contribution in [3.63, 3.8) is 0 Å². The number of likely N-dealkylation sites (tertiary alicyclic amines) is 1. The molecule has 0 radical (unpaired) electrons. The maximum atomic E-state index is 11.9. The fourth-order valence-electron chi connectivity index (χ4n) is 4.10. The van der Waals surface area contributed by atoms with Crippen LogP contribution in [0.5, 0.6) is 0 Å². The van der Waals surface area contributed by atoms with E-state index in [1.165, 1.54) is 29.5 Å². The van der Waals surface area contributed by atoms with Crippen LogP contribution in [0.15, 0.2) is 59.6 Å². The van der Waals surface area contributed by atoms with Crippen molar-refractivity contribution < 1.29 is 4.79 Å². The summed E-state index contributed by atoms with van der Waals surface area (Å²) in [6, 6.07) is 19.2. The van der Waals surface area contributed by atoms with E-state index in [2.05, 4.69) is 70.2 Å². The molecule has 1 saturated carbocycles. The number of amides is 1. The average molecular weight is 391 g/mol. The van der Waals surface area contributed by atoms with Gasteiger partial charge in [0.15, 0.2) is 5.96 Å². The summed E-state index contributed by atoms with van der Waals surface area (Å²) in [4.78, 5) is 18.2. The number of carbonyl (C=O) groups excluding carboxylic acids is 1. The van der Waals surface area contributed by atoms with Crippen LogP contribution in [-0.2, 0) is 23.3 Å². The van der Waals surface area contributed by atoms with E-state index >= 15 is 0 Å². The van der Waals surface area contributed by atoms with Gasteiger partial charge in [-0.2, -0.15) is 0 Å². The van der Waals surface area contributed by atoms with Crippen molar-refractivity contribution in [3.8, 4) is 0 Å². The number of nitrogens with one attached hydrogen (secondary N) is 2. The van der Waals surface area contributed by atoms with Gasteiger partial charge in [0.25, 0.3) is 0 Å². The molecule has 2 fully saturated rings. The van der Waals surface area contributed by atoms with Crippen molar-refractivity contribution >= 4 is 11.9 Å². The van der Waals surface area contributed by atoms with Crippen LogP contribution in [0, 0.1) is 0 Å². The normalized spacial score (nSPS) is 18.0. The lowest BCUT2D eigenvalue weighted by Crippen LogP contribution is -2.40. The minimum Gasteiger partial charge on any atom is -0.356 e. The molecule has 5 nitrogen and oxygen atoms in total. The second-order valence-electron chi connectivity index (χ2n) is 8.16. The molecule has 152 valence electrons. The van der Waals surface area contributed by atoms with Gasteiger partial charge in [0.1, 0.15) is 0 Å². The smallest absolute Gasteiger partial charge is 0.222 e. The van der Waals surface area contributed by atoms with Gasteiger partial charge in [-0.1, -0.05) is 54.6 Å². The van der Waals surface area contributed by atoms with E-state index in [1.807, 2.05) is 11.9 Å². The highest BCUT2D eigenvalue weighted by Gasteiger charge is 2.43. The molecule has 2 aliphatic rings. The molecule has 1 amide bonds. The molecule has 4 rings (SSSR count). The quantitative estimate of drug-likeness (QED) is 0.564. The van der Waals surface area contributed by atoms with Gasteiger partial charge in [-0.15, -0.1) is 0 Å². The first kappa shape index (κ1) is 19.5. The van der Waals surface area contributed by atoms with E-state index in [9.17, 15) is 4.79 Å². The summed E-state index contributed by atoms with van der Waals surface area (Å²) in [7, 11) is 1.81. The fourth-order valence-corrected chi connectivity index (χ4v) is 4.10. The second kappa shape index (κ2) is 8.68. The largest absolute Gasteiger partial charge is 0.356 e. The molecule has 2 aromatic carbocycles. The van der Waals surface area contributed by atoms with E-state index in [0.717, 1.165) is 25.5 Å². The van der Waals surface area contributed by atoms with Gasteiger partial charge in [0.2, 0.25) is 5.91 Å². The van der Waals surface area contributed by atoms with E-state index in [-0.39, 0.29) is 11.3 Å². The molecular formula is C24H30N4O. The highest BCUT2D eigenvalue weighted by Crippen LogP contribution is 2.47. The Balaban J connectivity index is 1.30. The highest BCUT2D eigenvalue weighted by atomic mass is 16.2. The van der Waals surface area contributed by atoms with Crippen LogP contribution < -0.4 is 10.6 Å². The molecule has 0 bridgehead atoms. The third kappa shape index (κ3) is 4.78. The van der Waals surface area contributed by atoms with Crippen LogP contribution >= 0.6 is 0 Å². The molecule has 2 aromatic rings. The van der Waals surface area contributed by atoms with Crippen molar-refractivity contribution in [3.05, 3.63) is 71.3 Å². The minimum atomic E-state index is 0.251. The zero-order chi connectivity index (χ0) is 20.1. The molecule has 0 aromatic heterocycles. The standard InChI is InChI=1S/C24H30N4O/c1-25-23(27-18-24(12-13-24)21-9-3-2-4-10-21)26-16-19-7-5-8-20(15-19)17-28-14-6-11-22(28)29/h2-5,7-10,15H,6,11-14,16-18H2,1H3,(H2,25,26,27). The number of carbonyl (C=O) groups is 1. The lowest BCUT2D eigenvalue weighted by atomic mass is 9.96. The molecule has 29 heavy (non-hydrogen) atoms. The molecule has 0 spiro atoms. The van der Waals surface area contributed by atoms with E-state index in [1.54, 1.807) is 0 Å². The predicted octanol–water partition coefficient (Wildman–Crippen LogP) is 3.21. The molecule has 1 heterocycles. The maximum Gasteiger partial charge on any atom is 0.222 e. The van der Waals surface area contributed by atoms with Crippen molar-refractivity contribution in [1.29, 1.82) is 0 Å². The van der Waals surface area contributed by atoms with Gasteiger partial charge in [-0.25, -0.2) is 0 Å². The predicted molar refractivity (Wildman–Crippen MR) is 117 cm³/mol. The Kier molecular flexibility index (Phi) is 5.84. The van der Waals surface area contributed by atoms with Crippen LogP contribution in [0.3, 0.4) is 0 Å². The summed E-state index contributed by atoms with van der Waals surface area (Å²) in [5.41, 5.74) is 4.04. The zero-order valence-corrected chi connectivity index (χ0v) is 17.2. The van der Waals surface area contributed by atoms with Crippen LogP contribution in [0.2, 0.25) is 0 Å². The van der Waals surface area contributed by atoms with Crippen LogP contribution in [0.4, 0.5) is 0 Å². The number of hydrogen-bond donors (Lipinski definition) is 2. The summed E-state index contributed by atoms with van der Waals surface area (Å²) < 4.78 is 0. The molecule has 5 heteroatoms. The molecule has 1 aliphatic heterocycles. The van der Waals surface area contributed by atoms with E-state index in [0.29, 0.717) is 19.5 Å². The molecular weight excluding hydrogens is 360 g/mol. The number of benzene rings is 2. The highest BCUT2D eigenvalue weighted by molar-refractivity contribution is 5.80. The topological polar surface area (TPSA) is 56.7 Å². The Morgan fingerprint density at radius 1 is 1.07 bits per heavy atom. The summed E-state index contributed by atoms with van der Waals surface area (Å²) in [5, 5.41) is 6.93.